The maximum absolute atomic E-state index is 9.33. The van der Waals surface area contributed by atoms with Crippen molar-refractivity contribution < 1.29 is 9.84 Å². The van der Waals surface area contributed by atoms with Gasteiger partial charge < -0.3 is 15.6 Å². The number of thioether (sulfide) groups is 1. The van der Waals surface area contributed by atoms with Crippen molar-refractivity contribution in [1.82, 2.24) is 0 Å². The molecule has 1 aromatic rings. The van der Waals surface area contributed by atoms with Gasteiger partial charge in [-0.05, 0) is 31.2 Å². The lowest BCUT2D eigenvalue weighted by atomic mass is 10.2. The summed E-state index contributed by atoms with van der Waals surface area (Å²) in [5.74, 6) is 1.66. The van der Waals surface area contributed by atoms with Crippen molar-refractivity contribution >= 4 is 17.6 Å². The molecule has 0 aliphatic heterocycles. The van der Waals surface area contributed by atoms with Gasteiger partial charge in [0.05, 0.1) is 12.7 Å². The average Bonchev–Trinajstić information content (AvgIpc) is 2.34. The Hall–Kier alpha value is -1.20. The Labute approximate surface area is 112 Å². The Bertz CT molecular complexity index is 379. The minimum absolute atomic E-state index is 0.0582. The second-order valence-electron chi connectivity index (χ2n) is 4.10. The first-order chi connectivity index (χ1) is 8.50. The summed E-state index contributed by atoms with van der Waals surface area (Å²) in [6, 6.07) is 7.14. The third-order valence-electron chi connectivity index (χ3n) is 2.58. The Morgan fingerprint density at radius 2 is 2.00 bits per heavy atom. The number of hydrogen-bond acceptors (Lipinski definition) is 4. The van der Waals surface area contributed by atoms with Crippen LogP contribution in [0.3, 0.4) is 0 Å². The number of ether oxygens (including phenoxy) is 1. The molecule has 0 aliphatic carbocycles. The Balaban J connectivity index is 2.29. The summed E-state index contributed by atoms with van der Waals surface area (Å²) in [5, 5.41) is 16.8. The summed E-state index contributed by atoms with van der Waals surface area (Å²) >= 11 is 1.68. The first-order valence-electron chi connectivity index (χ1n) is 5.87. The van der Waals surface area contributed by atoms with Crippen molar-refractivity contribution in [2.75, 3.05) is 12.4 Å². The highest BCUT2D eigenvalue weighted by molar-refractivity contribution is 7.99. The summed E-state index contributed by atoms with van der Waals surface area (Å²) in [6.45, 7) is 4.39. The van der Waals surface area contributed by atoms with Crippen LogP contribution in [0, 0.1) is 5.41 Å². The number of nitrogen functional groups attached to an aromatic ring is 1. The molecule has 1 aromatic carbocycles. The van der Waals surface area contributed by atoms with Crippen molar-refractivity contribution in [2.24, 2.45) is 5.73 Å². The molecule has 0 aliphatic rings. The lowest BCUT2D eigenvalue weighted by Gasteiger charge is -2.14. The van der Waals surface area contributed by atoms with E-state index in [9.17, 15) is 5.11 Å². The molecular weight excluding hydrogens is 248 g/mol. The largest absolute Gasteiger partial charge is 0.493 e. The molecule has 18 heavy (non-hydrogen) atoms. The van der Waals surface area contributed by atoms with Crippen molar-refractivity contribution in [3.8, 4) is 5.75 Å². The van der Waals surface area contributed by atoms with Gasteiger partial charge in [-0.3, -0.25) is 5.41 Å². The number of amidine groups is 1. The SMILES string of the molecule is CC(O)C(C)SCCOc1ccc(C(=N)N)cc1. The molecule has 1 rings (SSSR count). The van der Waals surface area contributed by atoms with Gasteiger partial charge in [0, 0.05) is 16.6 Å². The molecule has 0 saturated heterocycles. The van der Waals surface area contributed by atoms with Gasteiger partial charge in [0.15, 0.2) is 0 Å². The van der Waals surface area contributed by atoms with E-state index in [1.54, 1.807) is 43.0 Å². The number of benzene rings is 1. The molecule has 4 N–H and O–H groups in total. The fraction of sp³-hybridized carbons (Fsp3) is 0.462. The van der Waals surface area contributed by atoms with E-state index in [0.29, 0.717) is 12.2 Å². The van der Waals surface area contributed by atoms with Gasteiger partial charge in [-0.1, -0.05) is 6.92 Å². The molecular formula is C13H20N2O2S. The van der Waals surface area contributed by atoms with E-state index in [-0.39, 0.29) is 17.2 Å². The van der Waals surface area contributed by atoms with Crippen LogP contribution in [0.2, 0.25) is 0 Å². The minimum atomic E-state index is -0.301. The van der Waals surface area contributed by atoms with Crippen molar-refractivity contribution in [2.45, 2.75) is 25.2 Å². The topological polar surface area (TPSA) is 79.3 Å². The smallest absolute Gasteiger partial charge is 0.122 e. The van der Waals surface area contributed by atoms with Crippen molar-refractivity contribution in [1.29, 1.82) is 5.41 Å². The number of rotatable bonds is 7. The predicted molar refractivity (Wildman–Crippen MR) is 76.6 cm³/mol. The molecule has 0 amide bonds. The van der Waals surface area contributed by atoms with E-state index in [1.807, 2.05) is 6.92 Å². The maximum Gasteiger partial charge on any atom is 0.122 e. The first-order valence-corrected chi connectivity index (χ1v) is 6.92. The van der Waals surface area contributed by atoms with Crippen LogP contribution in [0.15, 0.2) is 24.3 Å². The molecule has 4 nitrogen and oxygen atoms in total. The summed E-state index contributed by atoms with van der Waals surface area (Å²) in [7, 11) is 0. The molecule has 2 atom stereocenters. The Morgan fingerprint density at radius 3 is 2.50 bits per heavy atom. The number of aliphatic hydroxyl groups is 1. The lowest BCUT2D eigenvalue weighted by Crippen LogP contribution is -2.17. The van der Waals surface area contributed by atoms with Gasteiger partial charge in [-0.2, -0.15) is 11.8 Å². The predicted octanol–water partition coefficient (Wildman–Crippen LogP) is 1.85. The van der Waals surface area contributed by atoms with Gasteiger partial charge in [0.2, 0.25) is 0 Å². The second-order valence-corrected chi connectivity index (χ2v) is 5.59. The fourth-order valence-corrected chi connectivity index (χ4v) is 2.09. The van der Waals surface area contributed by atoms with Crippen molar-refractivity contribution in [3.63, 3.8) is 0 Å². The molecule has 0 radical (unpaired) electrons. The van der Waals surface area contributed by atoms with Crippen LogP contribution in [-0.2, 0) is 0 Å². The number of nitrogens with two attached hydrogens (primary N) is 1. The maximum atomic E-state index is 9.33. The standard InChI is InChI=1S/C13H20N2O2S/c1-9(16)10(2)18-8-7-17-12-5-3-11(4-6-12)13(14)15/h3-6,9-10,16H,7-8H2,1-2H3,(H3,14,15). The van der Waals surface area contributed by atoms with Gasteiger partial charge in [0.25, 0.3) is 0 Å². The van der Waals surface area contributed by atoms with Crippen LogP contribution in [0.25, 0.3) is 0 Å². The highest BCUT2D eigenvalue weighted by atomic mass is 32.2. The molecule has 0 spiro atoms. The van der Waals surface area contributed by atoms with Crippen LogP contribution < -0.4 is 10.5 Å². The van der Waals surface area contributed by atoms with E-state index in [4.69, 9.17) is 15.9 Å². The first kappa shape index (κ1) is 14.9. The highest BCUT2D eigenvalue weighted by Crippen LogP contribution is 2.16. The fourth-order valence-electron chi connectivity index (χ4n) is 1.26. The van der Waals surface area contributed by atoms with Gasteiger partial charge in [-0.15, -0.1) is 0 Å². The molecule has 5 heteroatoms. The van der Waals surface area contributed by atoms with Crippen molar-refractivity contribution in [3.05, 3.63) is 29.8 Å². The number of hydrogen-bond donors (Lipinski definition) is 3. The molecule has 2 unspecified atom stereocenters. The van der Waals surface area contributed by atoms with Crippen LogP contribution in [-0.4, -0.2) is 34.7 Å². The van der Waals surface area contributed by atoms with E-state index >= 15 is 0 Å². The summed E-state index contributed by atoms with van der Waals surface area (Å²) in [5.41, 5.74) is 6.06. The molecule has 0 heterocycles. The van der Waals surface area contributed by atoms with E-state index in [1.165, 1.54) is 0 Å². The van der Waals surface area contributed by atoms with E-state index in [0.717, 1.165) is 11.5 Å². The van der Waals surface area contributed by atoms with Crippen LogP contribution in [0.1, 0.15) is 19.4 Å². The van der Waals surface area contributed by atoms with E-state index < -0.39 is 0 Å². The van der Waals surface area contributed by atoms with Crippen LogP contribution in [0.5, 0.6) is 5.75 Å². The zero-order valence-corrected chi connectivity index (χ0v) is 11.5. The van der Waals surface area contributed by atoms with Gasteiger partial charge in [-0.25, -0.2) is 0 Å². The molecule has 0 aromatic heterocycles. The lowest BCUT2D eigenvalue weighted by molar-refractivity contribution is 0.196. The Kier molecular flexibility index (Phi) is 6.01. The summed E-state index contributed by atoms with van der Waals surface area (Å²) < 4.78 is 5.56. The number of aliphatic hydroxyl groups excluding tert-OH is 1. The monoisotopic (exact) mass is 268 g/mol. The summed E-state index contributed by atoms with van der Waals surface area (Å²) in [4.78, 5) is 0. The third kappa shape index (κ3) is 4.98. The molecule has 0 fully saturated rings. The zero-order valence-electron chi connectivity index (χ0n) is 10.7. The summed E-state index contributed by atoms with van der Waals surface area (Å²) in [6.07, 6.45) is -0.301. The highest BCUT2D eigenvalue weighted by Gasteiger charge is 2.08. The van der Waals surface area contributed by atoms with Crippen LogP contribution >= 0.6 is 11.8 Å². The molecule has 0 saturated carbocycles. The van der Waals surface area contributed by atoms with Gasteiger partial charge in [0.1, 0.15) is 11.6 Å². The second kappa shape index (κ2) is 7.28. The quantitative estimate of drug-likeness (QED) is 0.400. The normalized spacial score (nSPS) is 13.9. The minimum Gasteiger partial charge on any atom is -0.493 e. The third-order valence-corrected chi connectivity index (χ3v) is 3.90. The van der Waals surface area contributed by atoms with E-state index in [2.05, 4.69) is 0 Å². The number of nitrogens with one attached hydrogen (secondary N) is 1. The van der Waals surface area contributed by atoms with Gasteiger partial charge >= 0.3 is 0 Å². The zero-order chi connectivity index (χ0) is 13.5. The Morgan fingerprint density at radius 1 is 1.39 bits per heavy atom. The average molecular weight is 268 g/mol. The van der Waals surface area contributed by atoms with Crippen LogP contribution in [0.4, 0.5) is 0 Å². The molecule has 0 bridgehead atoms. The molecule has 100 valence electrons.